The number of benzene rings is 1. The monoisotopic (exact) mass is 493 g/mol. The highest BCUT2D eigenvalue weighted by atomic mass is 16.5. The smallest absolute Gasteiger partial charge is 0.320 e. The zero-order valence-corrected chi connectivity index (χ0v) is 21.2. The van der Waals surface area contributed by atoms with Crippen LogP contribution in [0.5, 0.6) is 0 Å². The zero-order valence-electron chi connectivity index (χ0n) is 21.2. The molecule has 2 aliphatic rings. The third kappa shape index (κ3) is 7.11. The number of nitrogens with one attached hydrogen (secondary N) is 1. The molecule has 1 aliphatic carbocycles. The molecule has 1 N–H and O–H groups in total. The van der Waals surface area contributed by atoms with Gasteiger partial charge in [0.05, 0.1) is 24.9 Å². The van der Waals surface area contributed by atoms with Crippen molar-refractivity contribution >= 4 is 17.4 Å². The molecule has 1 amide bonds. The molecule has 1 saturated heterocycles. The van der Waals surface area contributed by atoms with E-state index in [0.29, 0.717) is 24.6 Å². The molecule has 192 valence electrons. The summed E-state index contributed by atoms with van der Waals surface area (Å²) in [6, 6.07) is 7.52. The third-order valence-corrected chi connectivity index (χ3v) is 6.55. The maximum Gasteiger partial charge on any atom is 0.320 e. The average molecular weight is 494 g/mol. The van der Waals surface area contributed by atoms with Crippen LogP contribution in [0.4, 0.5) is 0 Å². The minimum atomic E-state index is -0.333. The number of esters is 1. The summed E-state index contributed by atoms with van der Waals surface area (Å²) in [7, 11) is 0. The van der Waals surface area contributed by atoms with Crippen LogP contribution in [-0.2, 0) is 14.3 Å². The lowest BCUT2D eigenvalue weighted by atomic mass is 9.90. The van der Waals surface area contributed by atoms with Crippen LogP contribution in [0, 0.1) is 5.92 Å². The van der Waals surface area contributed by atoms with E-state index >= 15 is 0 Å². The van der Waals surface area contributed by atoms with Crippen molar-refractivity contribution in [3.8, 4) is 0 Å². The molecule has 0 radical (unpaired) electrons. The van der Waals surface area contributed by atoms with Gasteiger partial charge in [-0.1, -0.05) is 30.4 Å². The lowest BCUT2D eigenvalue weighted by Crippen LogP contribution is -2.40. The Morgan fingerprint density at radius 1 is 1.14 bits per heavy atom. The molecule has 0 bridgehead atoms. The Morgan fingerprint density at radius 3 is 2.44 bits per heavy atom. The van der Waals surface area contributed by atoms with E-state index in [2.05, 4.69) is 45.7 Å². The molecule has 0 spiro atoms. The Hall–Kier alpha value is -3.30. The predicted molar refractivity (Wildman–Crippen MR) is 137 cm³/mol. The van der Waals surface area contributed by atoms with Gasteiger partial charge < -0.3 is 9.47 Å². The number of piperidine rings is 1. The molecule has 36 heavy (non-hydrogen) atoms. The topological polar surface area (TPSA) is 98.6 Å². The number of carbonyl (C=O) groups is 2. The molecule has 0 saturated carbocycles. The van der Waals surface area contributed by atoms with Crippen molar-refractivity contribution in [2.75, 3.05) is 31.7 Å². The van der Waals surface area contributed by atoms with E-state index in [1.807, 2.05) is 38.1 Å². The second-order valence-corrected chi connectivity index (χ2v) is 9.97. The SMILES string of the molecule is CC(C)OC(=O)CN1CCC(COC2(C)C=CC(c3ccc(C(=O)Nn4cnnc4)cc3)=CC2)CC1. The van der Waals surface area contributed by atoms with Gasteiger partial charge in [-0.05, 0) is 82.3 Å². The molecule has 1 unspecified atom stereocenters. The Labute approximate surface area is 212 Å². The van der Waals surface area contributed by atoms with Gasteiger partial charge >= 0.3 is 5.97 Å². The molecule has 2 heterocycles. The molecule has 1 fully saturated rings. The van der Waals surface area contributed by atoms with Crippen LogP contribution in [0.25, 0.3) is 5.57 Å². The summed E-state index contributed by atoms with van der Waals surface area (Å²) in [5.41, 5.74) is 5.08. The van der Waals surface area contributed by atoms with Gasteiger partial charge in [-0.25, -0.2) is 4.68 Å². The van der Waals surface area contributed by atoms with Gasteiger partial charge in [-0.2, -0.15) is 0 Å². The van der Waals surface area contributed by atoms with Gasteiger partial charge in [-0.15, -0.1) is 10.2 Å². The highest BCUT2D eigenvalue weighted by Crippen LogP contribution is 2.31. The molecule has 1 aromatic heterocycles. The van der Waals surface area contributed by atoms with E-state index in [9.17, 15) is 9.59 Å². The van der Waals surface area contributed by atoms with Crippen molar-refractivity contribution < 1.29 is 19.1 Å². The fraction of sp³-hybridized carbons (Fsp3) is 0.481. The maximum absolute atomic E-state index is 12.3. The number of ether oxygens (including phenoxy) is 2. The second kappa shape index (κ2) is 11.6. The quantitative estimate of drug-likeness (QED) is 0.534. The van der Waals surface area contributed by atoms with Gasteiger partial charge in [0.15, 0.2) is 0 Å². The molecule has 9 nitrogen and oxygen atoms in total. The largest absolute Gasteiger partial charge is 0.462 e. The first-order valence-electron chi connectivity index (χ1n) is 12.5. The summed E-state index contributed by atoms with van der Waals surface area (Å²) < 4.78 is 13.0. The maximum atomic E-state index is 12.3. The predicted octanol–water partition coefficient (Wildman–Crippen LogP) is 3.44. The first-order valence-corrected chi connectivity index (χ1v) is 12.5. The molecule has 1 atom stereocenters. The second-order valence-electron chi connectivity index (χ2n) is 9.97. The number of amides is 1. The van der Waals surface area contributed by atoms with E-state index in [1.165, 1.54) is 17.3 Å². The number of rotatable bonds is 9. The average Bonchev–Trinajstić information content (AvgIpc) is 3.37. The summed E-state index contributed by atoms with van der Waals surface area (Å²) in [5, 5.41) is 7.34. The minimum absolute atomic E-state index is 0.0700. The first-order chi connectivity index (χ1) is 17.3. The van der Waals surface area contributed by atoms with E-state index in [-0.39, 0.29) is 23.6 Å². The van der Waals surface area contributed by atoms with Crippen molar-refractivity contribution in [3.05, 3.63) is 66.3 Å². The fourth-order valence-corrected chi connectivity index (χ4v) is 4.39. The van der Waals surface area contributed by atoms with E-state index < -0.39 is 0 Å². The van der Waals surface area contributed by atoms with E-state index in [0.717, 1.165) is 43.5 Å². The standard InChI is InChI=1S/C27H35N5O4/c1-20(2)36-25(33)16-31-14-10-21(11-15-31)17-35-27(3)12-8-23(9-13-27)22-4-6-24(7-5-22)26(34)30-32-18-28-29-19-32/h4-9,12,18-21H,10-11,13-17H2,1-3H3,(H,30,34). The van der Waals surface area contributed by atoms with Gasteiger partial charge in [0.1, 0.15) is 12.7 Å². The Morgan fingerprint density at radius 2 is 1.83 bits per heavy atom. The van der Waals surface area contributed by atoms with Crippen LogP contribution in [0.15, 0.2) is 55.1 Å². The Kier molecular flexibility index (Phi) is 8.32. The van der Waals surface area contributed by atoms with Crippen LogP contribution in [-0.4, -0.2) is 69.6 Å². The minimum Gasteiger partial charge on any atom is -0.462 e. The molecular formula is C27H35N5O4. The number of hydrogen-bond acceptors (Lipinski definition) is 7. The highest BCUT2D eigenvalue weighted by Gasteiger charge is 2.27. The molecule has 1 aliphatic heterocycles. The van der Waals surface area contributed by atoms with Gasteiger partial charge in [-0.3, -0.25) is 19.9 Å². The van der Waals surface area contributed by atoms with E-state index in [1.54, 1.807) is 0 Å². The summed E-state index contributed by atoms with van der Waals surface area (Å²) in [5.74, 6) is 0.124. The lowest BCUT2D eigenvalue weighted by Gasteiger charge is -2.34. The number of hydrogen-bond donors (Lipinski definition) is 1. The molecule has 4 rings (SSSR count). The Balaban J connectivity index is 1.22. The number of aromatic nitrogens is 3. The van der Waals surface area contributed by atoms with Gasteiger partial charge in [0.2, 0.25) is 0 Å². The van der Waals surface area contributed by atoms with Crippen LogP contribution in [0.2, 0.25) is 0 Å². The van der Waals surface area contributed by atoms with Crippen LogP contribution in [0.3, 0.4) is 0 Å². The number of nitrogens with zero attached hydrogens (tertiary/aromatic N) is 4. The molecular weight excluding hydrogens is 458 g/mol. The van der Waals surface area contributed by atoms with Crippen LogP contribution in [0.1, 0.15) is 56.0 Å². The summed E-state index contributed by atoms with van der Waals surface area (Å²) in [6.07, 6.45) is 12.0. The summed E-state index contributed by atoms with van der Waals surface area (Å²) in [6.45, 7) is 8.74. The first kappa shape index (κ1) is 25.8. The van der Waals surface area contributed by atoms with Crippen molar-refractivity contribution in [1.82, 2.24) is 19.8 Å². The van der Waals surface area contributed by atoms with Crippen molar-refractivity contribution in [2.45, 2.75) is 51.7 Å². The van der Waals surface area contributed by atoms with Crippen molar-refractivity contribution in [3.63, 3.8) is 0 Å². The number of carbonyl (C=O) groups excluding carboxylic acids is 2. The van der Waals surface area contributed by atoms with Crippen molar-refractivity contribution in [2.24, 2.45) is 5.92 Å². The Bertz CT molecular complexity index is 1090. The lowest BCUT2D eigenvalue weighted by molar-refractivity contribution is -0.149. The zero-order chi connectivity index (χ0) is 25.5. The van der Waals surface area contributed by atoms with E-state index in [4.69, 9.17) is 9.47 Å². The molecule has 9 heteroatoms. The normalized spacial score (nSPS) is 20.8. The van der Waals surface area contributed by atoms with Crippen molar-refractivity contribution in [1.29, 1.82) is 0 Å². The van der Waals surface area contributed by atoms with Crippen LogP contribution >= 0.6 is 0 Å². The van der Waals surface area contributed by atoms with Crippen LogP contribution < -0.4 is 5.43 Å². The molecule has 1 aromatic carbocycles. The summed E-state index contributed by atoms with van der Waals surface area (Å²) >= 11 is 0. The van der Waals surface area contributed by atoms with Gasteiger partial charge in [0, 0.05) is 5.56 Å². The fourth-order valence-electron chi connectivity index (χ4n) is 4.39. The summed E-state index contributed by atoms with van der Waals surface area (Å²) in [4.78, 5) is 26.4. The van der Waals surface area contributed by atoms with Gasteiger partial charge in [0.25, 0.3) is 5.91 Å². The highest BCUT2D eigenvalue weighted by molar-refractivity contribution is 6.00. The number of allylic oxidation sites excluding steroid dienone is 2. The number of likely N-dealkylation sites (tertiary alicyclic amines) is 1. The molecule has 2 aromatic rings. The third-order valence-electron chi connectivity index (χ3n) is 6.55.